The summed E-state index contributed by atoms with van der Waals surface area (Å²) in [6.07, 6.45) is 5.12. The van der Waals surface area contributed by atoms with Gasteiger partial charge in [0.15, 0.2) is 0 Å². The third-order valence-corrected chi connectivity index (χ3v) is 5.02. The topological polar surface area (TPSA) is 92.2 Å². The van der Waals surface area contributed by atoms with E-state index in [9.17, 15) is 9.18 Å². The molecule has 0 bridgehead atoms. The number of rotatable bonds is 4. The Bertz CT molecular complexity index is 1370. The van der Waals surface area contributed by atoms with Crippen LogP contribution in [0, 0.1) is 12.7 Å². The Labute approximate surface area is 183 Å². The number of pyridine rings is 1. The minimum absolute atomic E-state index is 0.170. The molecule has 1 amide bonds. The summed E-state index contributed by atoms with van der Waals surface area (Å²) in [6.45, 7) is 1.94. The largest absolute Gasteiger partial charge is 0.324 e. The number of fused-ring (bicyclic) bond motifs is 1. The molecule has 3 heterocycles. The van der Waals surface area contributed by atoms with Crippen LogP contribution < -0.4 is 10.6 Å². The van der Waals surface area contributed by atoms with E-state index in [4.69, 9.17) is 0 Å². The highest BCUT2D eigenvalue weighted by molar-refractivity contribution is 6.54. The first-order chi connectivity index (χ1) is 15.6. The number of anilines is 3. The number of hydrogen-bond donors (Lipinski definition) is 2. The zero-order chi connectivity index (χ0) is 22.1. The van der Waals surface area contributed by atoms with Gasteiger partial charge < -0.3 is 10.6 Å². The van der Waals surface area contributed by atoms with Gasteiger partial charge in [0, 0.05) is 35.4 Å². The molecule has 0 atom stereocenters. The maximum absolute atomic E-state index is 13.7. The van der Waals surface area contributed by atoms with Crippen molar-refractivity contribution in [3.63, 3.8) is 0 Å². The molecule has 156 valence electrons. The van der Waals surface area contributed by atoms with Gasteiger partial charge in [-0.2, -0.15) is 0 Å². The van der Waals surface area contributed by atoms with E-state index in [0.717, 1.165) is 22.5 Å². The van der Waals surface area contributed by atoms with Crippen molar-refractivity contribution in [1.82, 2.24) is 15.0 Å². The van der Waals surface area contributed by atoms with Gasteiger partial charge in [-0.1, -0.05) is 6.07 Å². The Kier molecular flexibility index (Phi) is 4.87. The second kappa shape index (κ2) is 7.99. The molecule has 0 saturated carbocycles. The van der Waals surface area contributed by atoms with E-state index in [0.29, 0.717) is 22.9 Å². The van der Waals surface area contributed by atoms with Crippen molar-refractivity contribution < 1.29 is 9.18 Å². The molecule has 32 heavy (non-hydrogen) atoms. The summed E-state index contributed by atoms with van der Waals surface area (Å²) in [5.41, 5.74) is 5.02. The van der Waals surface area contributed by atoms with E-state index in [1.54, 1.807) is 30.7 Å². The quantitative estimate of drug-likeness (QED) is 0.491. The first-order valence-electron chi connectivity index (χ1n) is 9.88. The van der Waals surface area contributed by atoms with Gasteiger partial charge >= 0.3 is 0 Å². The van der Waals surface area contributed by atoms with E-state index in [2.05, 4.69) is 30.6 Å². The third kappa shape index (κ3) is 3.81. The van der Waals surface area contributed by atoms with Crippen LogP contribution in [0.25, 0.3) is 11.3 Å². The molecule has 1 aliphatic rings. The Hall–Kier alpha value is -4.46. The summed E-state index contributed by atoms with van der Waals surface area (Å²) >= 11 is 0. The Morgan fingerprint density at radius 1 is 1.06 bits per heavy atom. The standard InChI is InChI=1S/C24H17FN6O/c1-14-4-6-17(28-22-18-11-16(25)5-7-20(18)29-23(22)32)12-21(14)31-24-27-10-8-19(30-24)15-3-2-9-26-13-15/h2-13H,1H3,(H,27,30,31)(H,28,29,32). The number of halogens is 1. The molecule has 5 rings (SSSR count). The van der Waals surface area contributed by atoms with E-state index in [-0.39, 0.29) is 11.6 Å². The SMILES string of the molecule is Cc1ccc(N=C2C(=O)Nc3ccc(F)cc32)cc1Nc1nccc(-c2cccnc2)n1. The Morgan fingerprint density at radius 2 is 1.97 bits per heavy atom. The number of benzene rings is 2. The van der Waals surface area contributed by atoms with Gasteiger partial charge in [0.05, 0.1) is 17.1 Å². The number of carbonyl (C=O) groups is 1. The number of aryl methyl sites for hydroxylation is 1. The smallest absolute Gasteiger partial charge is 0.275 e. The highest BCUT2D eigenvalue weighted by Gasteiger charge is 2.26. The third-order valence-electron chi connectivity index (χ3n) is 5.02. The van der Waals surface area contributed by atoms with Gasteiger partial charge in [-0.3, -0.25) is 9.78 Å². The van der Waals surface area contributed by atoms with Crippen LogP contribution in [-0.4, -0.2) is 26.6 Å². The van der Waals surface area contributed by atoms with E-state index < -0.39 is 5.82 Å². The highest BCUT2D eigenvalue weighted by Crippen LogP contribution is 2.29. The average molecular weight is 424 g/mol. The summed E-state index contributed by atoms with van der Waals surface area (Å²) in [6, 6.07) is 15.2. The summed E-state index contributed by atoms with van der Waals surface area (Å²) in [7, 11) is 0. The molecular formula is C24H17FN6O. The number of nitrogens with zero attached hydrogens (tertiary/aromatic N) is 4. The minimum atomic E-state index is -0.426. The molecule has 7 nitrogen and oxygen atoms in total. The Balaban J connectivity index is 1.47. The van der Waals surface area contributed by atoms with Crippen molar-refractivity contribution in [3.05, 3.63) is 90.1 Å². The summed E-state index contributed by atoms with van der Waals surface area (Å²) in [4.78, 5) is 29.8. The maximum atomic E-state index is 13.7. The highest BCUT2D eigenvalue weighted by atomic mass is 19.1. The fraction of sp³-hybridized carbons (Fsp3) is 0.0417. The lowest BCUT2D eigenvalue weighted by molar-refractivity contribution is -0.110. The maximum Gasteiger partial charge on any atom is 0.275 e. The molecule has 0 unspecified atom stereocenters. The second-order valence-corrected chi connectivity index (χ2v) is 7.24. The molecule has 1 aliphatic heterocycles. The number of amides is 1. The zero-order valence-electron chi connectivity index (χ0n) is 17.0. The van der Waals surface area contributed by atoms with Gasteiger partial charge in [0.2, 0.25) is 5.95 Å². The Morgan fingerprint density at radius 3 is 2.81 bits per heavy atom. The molecule has 2 N–H and O–H groups in total. The van der Waals surface area contributed by atoms with Gasteiger partial charge in [-0.05, 0) is 61.0 Å². The molecule has 0 saturated heterocycles. The number of aliphatic imine (C=N–C) groups is 1. The monoisotopic (exact) mass is 424 g/mol. The molecular weight excluding hydrogens is 407 g/mol. The number of hydrogen-bond acceptors (Lipinski definition) is 6. The second-order valence-electron chi connectivity index (χ2n) is 7.24. The first-order valence-corrected chi connectivity index (χ1v) is 9.88. The average Bonchev–Trinajstić information content (AvgIpc) is 3.11. The summed E-state index contributed by atoms with van der Waals surface area (Å²) in [5.74, 6) is -0.372. The predicted molar refractivity (Wildman–Crippen MR) is 121 cm³/mol. The lowest BCUT2D eigenvalue weighted by Crippen LogP contribution is -2.14. The van der Waals surface area contributed by atoms with Gasteiger partial charge in [-0.15, -0.1) is 0 Å². The van der Waals surface area contributed by atoms with Crippen molar-refractivity contribution in [2.75, 3.05) is 10.6 Å². The van der Waals surface area contributed by atoms with Crippen LogP contribution in [0.5, 0.6) is 0 Å². The molecule has 0 spiro atoms. The molecule has 2 aromatic heterocycles. The number of carbonyl (C=O) groups excluding carboxylic acids is 1. The summed E-state index contributed by atoms with van der Waals surface area (Å²) in [5, 5.41) is 5.92. The van der Waals surface area contributed by atoms with E-state index in [1.165, 1.54) is 18.2 Å². The minimum Gasteiger partial charge on any atom is -0.324 e. The van der Waals surface area contributed by atoms with Crippen LogP contribution in [-0.2, 0) is 4.79 Å². The first kappa shape index (κ1) is 19.5. The van der Waals surface area contributed by atoms with E-state index >= 15 is 0 Å². The van der Waals surface area contributed by atoms with Crippen LogP contribution >= 0.6 is 0 Å². The molecule has 0 radical (unpaired) electrons. The molecule has 4 aromatic rings. The van der Waals surface area contributed by atoms with Crippen molar-refractivity contribution in [1.29, 1.82) is 0 Å². The van der Waals surface area contributed by atoms with Crippen LogP contribution in [0.3, 0.4) is 0 Å². The molecule has 0 aliphatic carbocycles. The fourth-order valence-corrected chi connectivity index (χ4v) is 3.39. The van der Waals surface area contributed by atoms with E-state index in [1.807, 2.05) is 31.2 Å². The lowest BCUT2D eigenvalue weighted by Gasteiger charge is -2.10. The van der Waals surface area contributed by atoms with Crippen molar-refractivity contribution in [3.8, 4) is 11.3 Å². The van der Waals surface area contributed by atoms with Gasteiger partial charge in [0.1, 0.15) is 11.5 Å². The van der Waals surface area contributed by atoms with Crippen LogP contribution in [0.4, 0.5) is 27.4 Å². The number of nitrogens with one attached hydrogen (secondary N) is 2. The lowest BCUT2D eigenvalue weighted by atomic mass is 10.1. The fourth-order valence-electron chi connectivity index (χ4n) is 3.39. The van der Waals surface area contributed by atoms with Crippen molar-refractivity contribution >= 4 is 34.6 Å². The van der Waals surface area contributed by atoms with Crippen LogP contribution in [0.2, 0.25) is 0 Å². The molecule has 2 aromatic carbocycles. The zero-order valence-corrected chi connectivity index (χ0v) is 17.0. The molecule has 8 heteroatoms. The number of aromatic nitrogens is 3. The van der Waals surface area contributed by atoms with Crippen molar-refractivity contribution in [2.24, 2.45) is 4.99 Å². The molecule has 0 fully saturated rings. The van der Waals surface area contributed by atoms with Crippen LogP contribution in [0.15, 0.2) is 78.2 Å². The van der Waals surface area contributed by atoms with Crippen molar-refractivity contribution in [2.45, 2.75) is 6.92 Å². The summed E-state index contributed by atoms with van der Waals surface area (Å²) < 4.78 is 13.7. The van der Waals surface area contributed by atoms with Crippen LogP contribution in [0.1, 0.15) is 11.1 Å². The normalized spacial score (nSPS) is 13.7. The predicted octanol–water partition coefficient (Wildman–Crippen LogP) is 4.80. The van der Waals surface area contributed by atoms with Gasteiger partial charge in [0.25, 0.3) is 5.91 Å². The van der Waals surface area contributed by atoms with Gasteiger partial charge in [-0.25, -0.2) is 19.4 Å².